The summed E-state index contributed by atoms with van der Waals surface area (Å²) in [5, 5.41) is 9.84. The summed E-state index contributed by atoms with van der Waals surface area (Å²) in [7, 11) is 0. The Morgan fingerprint density at radius 1 is 0.300 bits per heavy atom. The second kappa shape index (κ2) is 13.6. The van der Waals surface area contributed by atoms with Crippen LogP contribution in [0, 0.1) is 0 Å². The lowest BCUT2D eigenvalue weighted by molar-refractivity contribution is 0.661. The van der Waals surface area contributed by atoms with Crippen molar-refractivity contribution in [3.63, 3.8) is 0 Å². The summed E-state index contributed by atoms with van der Waals surface area (Å²) in [4.78, 5) is 0. The van der Waals surface area contributed by atoms with Gasteiger partial charge in [-0.3, -0.25) is 0 Å². The molecular weight excluding hydrogens is 849 g/mol. The summed E-state index contributed by atoms with van der Waals surface area (Å²) >= 11 is 0. The first-order chi connectivity index (χ1) is 34.5. The van der Waals surface area contributed by atoms with Gasteiger partial charge in [-0.2, -0.15) is 0 Å². The molecule has 326 valence electrons. The SMILES string of the molecule is CC1(C)c2ccccc2-c2cc3c4cc(-c5ccc6oc7cc8c(cc7c6c5)c5ccccc5n8-c5ccccc5)ccc4n(-c4ccc(-c5ccc6c7c(cccc57)-c5ccccc5-6)cc4)c3cc21. The molecule has 0 fully saturated rings. The zero-order chi connectivity index (χ0) is 46.0. The molecule has 0 unspecified atom stereocenters. The van der Waals surface area contributed by atoms with Gasteiger partial charge in [0.1, 0.15) is 11.2 Å². The maximum atomic E-state index is 6.67. The smallest absolute Gasteiger partial charge is 0.137 e. The van der Waals surface area contributed by atoms with Gasteiger partial charge in [0.15, 0.2) is 0 Å². The van der Waals surface area contributed by atoms with Gasteiger partial charge in [0.2, 0.25) is 0 Å². The number of benzene rings is 11. The van der Waals surface area contributed by atoms with Crippen molar-refractivity contribution >= 4 is 76.3 Å². The third-order valence-electron chi connectivity index (χ3n) is 16.1. The topological polar surface area (TPSA) is 23.0 Å². The van der Waals surface area contributed by atoms with Crippen molar-refractivity contribution in [3.05, 3.63) is 230 Å². The van der Waals surface area contributed by atoms with E-state index < -0.39 is 0 Å². The van der Waals surface area contributed by atoms with Crippen LogP contribution < -0.4 is 0 Å². The molecule has 0 saturated heterocycles. The fourth-order valence-electron chi connectivity index (χ4n) is 12.8. The number of hydrogen-bond donors (Lipinski definition) is 0. The molecular formula is C67H42N2O. The van der Waals surface area contributed by atoms with E-state index in [0.717, 1.165) is 44.4 Å². The van der Waals surface area contributed by atoms with Gasteiger partial charge in [-0.15, -0.1) is 0 Å². The maximum Gasteiger partial charge on any atom is 0.137 e. The summed E-state index contributed by atoms with van der Waals surface area (Å²) in [6.07, 6.45) is 0. The van der Waals surface area contributed by atoms with Crippen molar-refractivity contribution in [3.8, 4) is 67.0 Å². The van der Waals surface area contributed by atoms with E-state index >= 15 is 0 Å². The number of aromatic nitrogens is 2. The normalized spacial score (nSPS) is 13.4. The van der Waals surface area contributed by atoms with Crippen molar-refractivity contribution < 1.29 is 4.42 Å². The van der Waals surface area contributed by atoms with Crippen LogP contribution in [0.1, 0.15) is 25.0 Å². The zero-order valence-electron chi connectivity index (χ0n) is 38.6. The van der Waals surface area contributed by atoms with Crippen LogP contribution in [-0.4, -0.2) is 9.13 Å². The molecule has 0 spiro atoms. The third kappa shape index (κ3) is 5.03. The minimum absolute atomic E-state index is 0.128. The number of rotatable bonds is 4. The molecule has 3 heteroatoms. The van der Waals surface area contributed by atoms with Gasteiger partial charge in [-0.1, -0.05) is 153 Å². The number of hydrogen-bond acceptors (Lipinski definition) is 1. The summed E-state index contributed by atoms with van der Waals surface area (Å²) in [6, 6.07) is 81.1. The van der Waals surface area contributed by atoms with E-state index in [4.69, 9.17) is 4.42 Å². The lowest BCUT2D eigenvalue weighted by Gasteiger charge is -2.21. The van der Waals surface area contributed by atoms with Crippen molar-refractivity contribution in [1.82, 2.24) is 9.13 Å². The number of para-hydroxylation sites is 2. The highest BCUT2D eigenvalue weighted by molar-refractivity contribution is 6.20. The van der Waals surface area contributed by atoms with Gasteiger partial charge in [0.05, 0.1) is 22.1 Å². The molecule has 0 amide bonds. The standard InChI is InChI=1S/C67H42N2O/c1-67(2)58-21-10-8-17-47(58)52-35-55-53-33-40(41-26-32-64-56(34-41)57-36-54-48-18-9-11-22-60(48)68(42-13-4-3-5-14-42)63(54)38-65(57)70-64)25-31-61(53)69(62(55)37-59(52)67)43-27-23-39(24-28-43)44-29-30-51-46-16-7-6-15-45(46)50-20-12-19-49(44)66(50)51/h3-38H,1-2H3. The Kier molecular flexibility index (Phi) is 7.41. The fourth-order valence-corrected chi connectivity index (χ4v) is 12.8. The fraction of sp³-hybridized carbons (Fsp3) is 0.0448. The van der Waals surface area contributed by atoms with Crippen LogP contribution >= 0.6 is 0 Å². The second-order valence-electron chi connectivity index (χ2n) is 20.0. The molecule has 0 aliphatic heterocycles. The minimum Gasteiger partial charge on any atom is -0.456 e. The van der Waals surface area contributed by atoms with Crippen LogP contribution in [0.3, 0.4) is 0 Å². The van der Waals surface area contributed by atoms with Crippen molar-refractivity contribution in [2.24, 2.45) is 0 Å². The molecule has 0 saturated carbocycles. The van der Waals surface area contributed by atoms with E-state index in [1.165, 1.54) is 110 Å². The molecule has 0 bridgehead atoms. The first-order valence-corrected chi connectivity index (χ1v) is 24.4. The zero-order valence-corrected chi connectivity index (χ0v) is 38.6. The molecule has 16 rings (SSSR count). The lowest BCUT2D eigenvalue weighted by atomic mass is 9.82. The van der Waals surface area contributed by atoms with E-state index in [0.29, 0.717) is 0 Å². The van der Waals surface area contributed by atoms with E-state index in [1.807, 2.05) is 0 Å². The summed E-state index contributed by atoms with van der Waals surface area (Å²) in [5.74, 6) is 0. The van der Waals surface area contributed by atoms with E-state index in [2.05, 4.69) is 241 Å². The summed E-state index contributed by atoms with van der Waals surface area (Å²) < 4.78 is 11.5. The van der Waals surface area contributed by atoms with Gasteiger partial charge in [0, 0.05) is 55.2 Å². The van der Waals surface area contributed by atoms with Crippen molar-refractivity contribution in [2.75, 3.05) is 0 Å². The van der Waals surface area contributed by atoms with Crippen molar-refractivity contribution in [1.29, 1.82) is 0 Å². The Hall–Kier alpha value is -8.92. The predicted molar refractivity (Wildman–Crippen MR) is 293 cm³/mol. The highest BCUT2D eigenvalue weighted by Crippen LogP contribution is 2.52. The Labute approximate surface area is 403 Å². The second-order valence-corrected chi connectivity index (χ2v) is 20.0. The van der Waals surface area contributed by atoms with Gasteiger partial charge >= 0.3 is 0 Å². The molecule has 2 aliphatic rings. The Morgan fingerprint density at radius 2 is 0.871 bits per heavy atom. The molecule has 0 radical (unpaired) electrons. The van der Waals surface area contributed by atoms with E-state index in [-0.39, 0.29) is 5.41 Å². The molecule has 3 nitrogen and oxygen atoms in total. The quantitative estimate of drug-likeness (QED) is 0.173. The van der Waals surface area contributed by atoms with Crippen LogP contribution in [0.5, 0.6) is 0 Å². The molecule has 70 heavy (non-hydrogen) atoms. The van der Waals surface area contributed by atoms with Gasteiger partial charge < -0.3 is 13.6 Å². The molecule has 3 heterocycles. The first kappa shape index (κ1) is 38.1. The average molecular weight is 891 g/mol. The van der Waals surface area contributed by atoms with Gasteiger partial charge in [-0.25, -0.2) is 0 Å². The Morgan fingerprint density at radius 3 is 1.70 bits per heavy atom. The predicted octanol–water partition coefficient (Wildman–Crippen LogP) is 18.2. The monoisotopic (exact) mass is 890 g/mol. The molecule has 14 aromatic rings. The Bertz CT molecular complexity index is 4570. The number of fused-ring (bicyclic) bond motifs is 15. The highest BCUT2D eigenvalue weighted by Gasteiger charge is 2.36. The minimum atomic E-state index is -0.128. The highest BCUT2D eigenvalue weighted by atomic mass is 16.3. The maximum absolute atomic E-state index is 6.67. The first-order valence-electron chi connectivity index (χ1n) is 24.4. The number of furan rings is 1. The lowest BCUT2D eigenvalue weighted by Crippen LogP contribution is -2.14. The van der Waals surface area contributed by atoms with Gasteiger partial charge in [-0.05, 0) is 150 Å². The largest absolute Gasteiger partial charge is 0.456 e. The van der Waals surface area contributed by atoms with E-state index in [1.54, 1.807) is 0 Å². The van der Waals surface area contributed by atoms with Crippen LogP contribution in [-0.2, 0) is 5.41 Å². The molecule has 2 aliphatic carbocycles. The molecule has 3 aromatic heterocycles. The van der Waals surface area contributed by atoms with Crippen LogP contribution in [0.25, 0.3) is 143 Å². The third-order valence-corrected chi connectivity index (χ3v) is 16.1. The van der Waals surface area contributed by atoms with Crippen molar-refractivity contribution in [2.45, 2.75) is 19.3 Å². The molecule has 11 aromatic carbocycles. The number of nitrogens with zero attached hydrogens (tertiary/aromatic N) is 2. The molecule has 0 atom stereocenters. The van der Waals surface area contributed by atoms with Gasteiger partial charge in [0.25, 0.3) is 0 Å². The van der Waals surface area contributed by atoms with E-state index in [9.17, 15) is 0 Å². The van der Waals surface area contributed by atoms with Crippen LogP contribution in [0.15, 0.2) is 223 Å². The molecule has 0 N–H and O–H groups in total. The van der Waals surface area contributed by atoms with Crippen LogP contribution in [0.2, 0.25) is 0 Å². The summed E-state index contributed by atoms with van der Waals surface area (Å²) in [5.41, 5.74) is 24.2. The summed E-state index contributed by atoms with van der Waals surface area (Å²) in [6.45, 7) is 4.75. The average Bonchev–Trinajstić information content (AvgIpc) is 4.18. The Balaban J connectivity index is 0.866. The van der Waals surface area contributed by atoms with Crippen LogP contribution in [0.4, 0.5) is 0 Å².